The van der Waals surface area contributed by atoms with Crippen LogP contribution in [0, 0.1) is 0 Å². The van der Waals surface area contributed by atoms with Crippen LogP contribution < -0.4 is 0 Å². The van der Waals surface area contributed by atoms with Gasteiger partial charge in [-0.25, -0.2) is 4.79 Å². The van der Waals surface area contributed by atoms with Crippen LogP contribution in [0.3, 0.4) is 0 Å². The predicted molar refractivity (Wildman–Crippen MR) is 49.0 cm³/mol. The average molecular weight is 194 g/mol. The van der Waals surface area contributed by atoms with E-state index in [1.165, 1.54) is 17.6 Å². The van der Waals surface area contributed by atoms with E-state index in [0.717, 1.165) is 0 Å². The molecule has 0 aliphatic carbocycles. The normalized spacial score (nSPS) is 10.2. The van der Waals surface area contributed by atoms with Gasteiger partial charge in [0.15, 0.2) is 0 Å². The van der Waals surface area contributed by atoms with E-state index in [4.69, 9.17) is 9.52 Å². The predicted octanol–water partition coefficient (Wildman–Crippen LogP) is 2.71. The third kappa shape index (κ3) is 1.36. The molecule has 2 aromatic rings. The Hall–Kier alpha value is -1.55. The lowest BCUT2D eigenvalue weighted by molar-refractivity contribution is 0.0698. The van der Waals surface area contributed by atoms with Crippen LogP contribution >= 0.6 is 11.3 Å². The number of thiophene rings is 1. The summed E-state index contributed by atoms with van der Waals surface area (Å²) in [5.74, 6) is -0.327. The molecule has 0 spiro atoms. The monoisotopic (exact) mass is 194 g/mol. The third-order valence-electron chi connectivity index (χ3n) is 1.68. The summed E-state index contributed by atoms with van der Waals surface area (Å²) in [5, 5.41) is 12.2. The van der Waals surface area contributed by atoms with Crippen LogP contribution in [0.1, 0.15) is 10.4 Å². The SMILES string of the molecule is O=C(O)c1cscc1-c1ccco1. The molecule has 2 rings (SSSR count). The molecule has 2 heterocycles. The molecule has 1 N–H and O–H groups in total. The van der Waals surface area contributed by atoms with E-state index in [0.29, 0.717) is 16.9 Å². The van der Waals surface area contributed by atoms with E-state index in [1.807, 2.05) is 0 Å². The minimum atomic E-state index is -0.923. The lowest BCUT2D eigenvalue weighted by atomic mass is 10.1. The maximum atomic E-state index is 10.7. The molecule has 66 valence electrons. The second-order valence-electron chi connectivity index (χ2n) is 2.48. The Kier molecular flexibility index (Phi) is 1.90. The van der Waals surface area contributed by atoms with Crippen molar-refractivity contribution in [2.75, 3.05) is 0 Å². The number of aromatic carboxylic acids is 1. The second kappa shape index (κ2) is 3.06. The lowest BCUT2D eigenvalue weighted by Crippen LogP contribution is -1.94. The van der Waals surface area contributed by atoms with Crippen LogP contribution in [0.5, 0.6) is 0 Å². The molecule has 4 heteroatoms. The van der Waals surface area contributed by atoms with Gasteiger partial charge in [0.25, 0.3) is 0 Å². The molecule has 0 atom stereocenters. The van der Waals surface area contributed by atoms with Gasteiger partial charge in [0, 0.05) is 16.3 Å². The minimum Gasteiger partial charge on any atom is -0.478 e. The van der Waals surface area contributed by atoms with Crippen molar-refractivity contribution in [2.45, 2.75) is 0 Å². The molecule has 0 aromatic carbocycles. The van der Waals surface area contributed by atoms with Crippen molar-refractivity contribution in [3.8, 4) is 11.3 Å². The first-order chi connectivity index (χ1) is 6.29. The number of carbonyl (C=O) groups is 1. The Balaban J connectivity index is 2.52. The van der Waals surface area contributed by atoms with Gasteiger partial charge in [0.05, 0.1) is 11.8 Å². The molecule has 0 radical (unpaired) electrons. The van der Waals surface area contributed by atoms with Gasteiger partial charge in [-0.2, -0.15) is 11.3 Å². The largest absolute Gasteiger partial charge is 0.478 e. The van der Waals surface area contributed by atoms with Crippen molar-refractivity contribution in [1.82, 2.24) is 0 Å². The van der Waals surface area contributed by atoms with E-state index < -0.39 is 5.97 Å². The highest BCUT2D eigenvalue weighted by Gasteiger charge is 2.13. The highest BCUT2D eigenvalue weighted by Crippen LogP contribution is 2.27. The topological polar surface area (TPSA) is 50.4 Å². The van der Waals surface area contributed by atoms with Crippen LogP contribution in [0.15, 0.2) is 33.6 Å². The molecule has 0 fully saturated rings. The van der Waals surface area contributed by atoms with Crippen molar-refractivity contribution in [1.29, 1.82) is 0 Å². The molecule has 3 nitrogen and oxygen atoms in total. The molecular formula is C9H6O3S. The van der Waals surface area contributed by atoms with Crippen molar-refractivity contribution in [2.24, 2.45) is 0 Å². The van der Waals surface area contributed by atoms with E-state index in [1.54, 1.807) is 22.9 Å². The van der Waals surface area contributed by atoms with Crippen molar-refractivity contribution in [3.63, 3.8) is 0 Å². The van der Waals surface area contributed by atoms with E-state index >= 15 is 0 Å². The van der Waals surface area contributed by atoms with Gasteiger partial charge in [-0.1, -0.05) is 0 Å². The summed E-state index contributed by atoms with van der Waals surface area (Å²) in [4.78, 5) is 10.7. The van der Waals surface area contributed by atoms with Crippen molar-refractivity contribution < 1.29 is 14.3 Å². The Labute approximate surface area is 78.2 Å². The summed E-state index contributed by atoms with van der Waals surface area (Å²) in [7, 11) is 0. The lowest BCUT2D eigenvalue weighted by Gasteiger charge is -1.93. The molecule has 0 saturated carbocycles. The first-order valence-electron chi connectivity index (χ1n) is 3.62. The average Bonchev–Trinajstić information content (AvgIpc) is 2.74. The fourth-order valence-corrected chi connectivity index (χ4v) is 1.90. The fraction of sp³-hybridized carbons (Fsp3) is 0. The maximum absolute atomic E-state index is 10.7. The maximum Gasteiger partial charge on any atom is 0.337 e. The molecule has 13 heavy (non-hydrogen) atoms. The summed E-state index contributed by atoms with van der Waals surface area (Å²) < 4.78 is 5.11. The summed E-state index contributed by atoms with van der Waals surface area (Å²) >= 11 is 1.35. The molecular weight excluding hydrogens is 188 g/mol. The zero-order chi connectivity index (χ0) is 9.26. The van der Waals surface area contributed by atoms with Gasteiger partial charge < -0.3 is 9.52 Å². The summed E-state index contributed by atoms with van der Waals surface area (Å²) in [6.07, 6.45) is 1.53. The standard InChI is InChI=1S/C9H6O3S/c10-9(11)7-5-13-4-6(7)8-2-1-3-12-8/h1-5H,(H,10,11). The number of furan rings is 1. The van der Waals surface area contributed by atoms with Crippen LogP contribution in [0.2, 0.25) is 0 Å². The van der Waals surface area contributed by atoms with Crippen molar-refractivity contribution in [3.05, 3.63) is 34.7 Å². The zero-order valence-electron chi connectivity index (χ0n) is 6.56. The first-order valence-corrected chi connectivity index (χ1v) is 4.56. The summed E-state index contributed by atoms with van der Waals surface area (Å²) in [5.41, 5.74) is 0.933. The molecule has 0 bridgehead atoms. The van der Waals surface area contributed by atoms with E-state index in [9.17, 15) is 4.79 Å². The van der Waals surface area contributed by atoms with Crippen LogP contribution in [-0.2, 0) is 0 Å². The fourth-order valence-electron chi connectivity index (χ4n) is 1.09. The second-order valence-corrected chi connectivity index (χ2v) is 3.23. The van der Waals surface area contributed by atoms with Crippen LogP contribution in [0.25, 0.3) is 11.3 Å². The molecule has 0 amide bonds. The molecule has 0 unspecified atom stereocenters. The van der Waals surface area contributed by atoms with Crippen LogP contribution in [-0.4, -0.2) is 11.1 Å². The summed E-state index contributed by atoms with van der Waals surface area (Å²) in [6.45, 7) is 0. The minimum absolute atomic E-state index is 0.292. The number of hydrogen-bond acceptors (Lipinski definition) is 3. The van der Waals surface area contributed by atoms with Crippen LogP contribution in [0.4, 0.5) is 0 Å². The quantitative estimate of drug-likeness (QED) is 0.799. The van der Waals surface area contributed by atoms with E-state index in [2.05, 4.69) is 0 Å². The molecule has 2 aromatic heterocycles. The van der Waals surface area contributed by atoms with E-state index in [-0.39, 0.29) is 0 Å². The zero-order valence-corrected chi connectivity index (χ0v) is 7.38. The van der Waals surface area contributed by atoms with Gasteiger partial charge in [-0.3, -0.25) is 0 Å². The molecule has 0 aliphatic rings. The first kappa shape index (κ1) is 8.07. The number of rotatable bonds is 2. The number of carboxylic acids is 1. The smallest absolute Gasteiger partial charge is 0.337 e. The Morgan fingerprint density at radius 3 is 2.92 bits per heavy atom. The Bertz CT molecular complexity index is 414. The highest BCUT2D eigenvalue weighted by molar-refractivity contribution is 7.08. The third-order valence-corrected chi connectivity index (χ3v) is 2.42. The molecule has 0 aliphatic heterocycles. The Morgan fingerprint density at radius 2 is 2.31 bits per heavy atom. The summed E-state index contributed by atoms with van der Waals surface area (Å²) in [6, 6.07) is 3.48. The van der Waals surface area contributed by atoms with Gasteiger partial charge in [0.2, 0.25) is 0 Å². The van der Waals surface area contributed by atoms with Gasteiger partial charge in [0.1, 0.15) is 5.76 Å². The van der Waals surface area contributed by atoms with Gasteiger partial charge >= 0.3 is 5.97 Å². The number of carboxylic acid groups (broad SMARTS) is 1. The molecule has 0 saturated heterocycles. The highest BCUT2D eigenvalue weighted by atomic mass is 32.1. The van der Waals surface area contributed by atoms with Gasteiger partial charge in [-0.05, 0) is 12.1 Å². The Morgan fingerprint density at radius 1 is 1.46 bits per heavy atom. The van der Waals surface area contributed by atoms with Crippen molar-refractivity contribution >= 4 is 17.3 Å². The van der Waals surface area contributed by atoms with Gasteiger partial charge in [-0.15, -0.1) is 0 Å². The number of hydrogen-bond donors (Lipinski definition) is 1.